The second-order valence-corrected chi connectivity index (χ2v) is 4.41. The van der Waals surface area contributed by atoms with Gasteiger partial charge in [0.25, 0.3) is 5.91 Å². The van der Waals surface area contributed by atoms with Crippen molar-refractivity contribution in [2.24, 2.45) is 12.8 Å². The van der Waals surface area contributed by atoms with E-state index in [0.717, 1.165) is 12.0 Å². The minimum absolute atomic E-state index is 0.161. The van der Waals surface area contributed by atoms with Crippen LogP contribution in [-0.2, 0) is 20.0 Å². The van der Waals surface area contributed by atoms with Gasteiger partial charge in [-0.3, -0.25) is 9.48 Å². The SMILES string of the molecule is Cn1ccc(C(=O)NCc2ccc(CCN)cc2)n1. The first-order chi connectivity index (χ1) is 9.19. The molecule has 0 aliphatic carbocycles. The van der Waals surface area contributed by atoms with Crippen molar-refractivity contribution in [2.75, 3.05) is 6.54 Å². The molecule has 0 saturated heterocycles. The van der Waals surface area contributed by atoms with Crippen molar-refractivity contribution >= 4 is 5.91 Å². The predicted octanol–water partition coefficient (Wildman–Crippen LogP) is 0.851. The first-order valence-electron chi connectivity index (χ1n) is 6.25. The Morgan fingerprint density at radius 2 is 1.95 bits per heavy atom. The van der Waals surface area contributed by atoms with Crippen LogP contribution in [0.4, 0.5) is 0 Å². The van der Waals surface area contributed by atoms with Crippen LogP contribution in [0.15, 0.2) is 36.5 Å². The lowest BCUT2D eigenvalue weighted by molar-refractivity contribution is 0.0945. The van der Waals surface area contributed by atoms with Crippen LogP contribution < -0.4 is 11.1 Å². The van der Waals surface area contributed by atoms with E-state index >= 15 is 0 Å². The molecule has 0 bridgehead atoms. The van der Waals surface area contributed by atoms with E-state index in [1.54, 1.807) is 24.0 Å². The summed E-state index contributed by atoms with van der Waals surface area (Å²) in [6, 6.07) is 9.78. The van der Waals surface area contributed by atoms with Gasteiger partial charge in [-0.2, -0.15) is 5.10 Å². The zero-order valence-electron chi connectivity index (χ0n) is 11.0. The van der Waals surface area contributed by atoms with Crippen LogP contribution in [0, 0.1) is 0 Å². The molecule has 5 heteroatoms. The Morgan fingerprint density at radius 3 is 2.53 bits per heavy atom. The first-order valence-corrected chi connectivity index (χ1v) is 6.25. The number of aromatic nitrogens is 2. The highest BCUT2D eigenvalue weighted by molar-refractivity contribution is 5.92. The third-order valence-corrected chi connectivity index (χ3v) is 2.86. The molecular weight excluding hydrogens is 240 g/mol. The molecule has 0 radical (unpaired) electrons. The molecule has 0 fully saturated rings. The molecule has 0 aliphatic heterocycles. The topological polar surface area (TPSA) is 72.9 Å². The van der Waals surface area contributed by atoms with Gasteiger partial charge in [-0.1, -0.05) is 24.3 Å². The molecule has 0 saturated carbocycles. The normalized spacial score (nSPS) is 10.4. The van der Waals surface area contributed by atoms with Gasteiger partial charge in [-0.15, -0.1) is 0 Å². The summed E-state index contributed by atoms with van der Waals surface area (Å²) in [5.74, 6) is -0.161. The fraction of sp³-hybridized carbons (Fsp3) is 0.286. The van der Waals surface area contributed by atoms with Crippen LogP contribution in [0.5, 0.6) is 0 Å². The maximum atomic E-state index is 11.8. The monoisotopic (exact) mass is 258 g/mol. The average molecular weight is 258 g/mol. The number of amides is 1. The number of hydrogen-bond acceptors (Lipinski definition) is 3. The minimum atomic E-state index is -0.161. The zero-order chi connectivity index (χ0) is 13.7. The molecule has 3 N–H and O–H groups in total. The van der Waals surface area contributed by atoms with Crippen LogP contribution in [-0.4, -0.2) is 22.2 Å². The van der Waals surface area contributed by atoms with Gasteiger partial charge in [0, 0.05) is 19.8 Å². The van der Waals surface area contributed by atoms with Crippen LogP contribution in [0.1, 0.15) is 21.6 Å². The number of carbonyl (C=O) groups is 1. The first kappa shape index (κ1) is 13.3. The van der Waals surface area contributed by atoms with Crippen molar-refractivity contribution in [3.8, 4) is 0 Å². The van der Waals surface area contributed by atoms with Crippen LogP contribution in [0.3, 0.4) is 0 Å². The molecule has 19 heavy (non-hydrogen) atoms. The lowest BCUT2D eigenvalue weighted by Gasteiger charge is -2.05. The van der Waals surface area contributed by atoms with Gasteiger partial charge in [0.05, 0.1) is 0 Å². The fourth-order valence-electron chi connectivity index (χ4n) is 1.80. The van der Waals surface area contributed by atoms with Crippen LogP contribution >= 0.6 is 0 Å². The van der Waals surface area contributed by atoms with Crippen molar-refractivity contribution in [1.82, 2.24) is 15.1 Å². The molecule has 1 heterocycles. The lowest BCUT2D eigenvalue weighted by atomic mass is 10.1. The molecule has 0 atom stereocenters. The second-order valence-electron chi connectivity index (χ2n) is 4.41. The van der Waals surface area contributed by atoms with Gasteiger partial charge in [-0.05, 0) is 30.2 Å². The smallest absolute Gasteiger partial charge is 0.272 e. The zero-order valence-corrected chi connectivity index (χ0v) is 11.0. The van der Waals surface area contributed by atoms with Crippen molar-refractivity contribution in [2.45, 2.75) is 13.0 Å². The molecule has 1 aromatic carbocycles. The highest BCUT2D eigenvalue weighted by atomic mass is 16.1. The largest absolute Gasteiger partial charge is 0.347 e. The molecule has 2 aromatic rings. The molecule has 1 amide bonds. The summed E-state index contributed by atoms with van der Waals surface area (Å²) < 4.78 is 1.61. The molecule has 0 aliphatic rings. The third-order valence-electron chi connectivity index (χ3n) is 2.86. The average Bonchev–Trinajstić information content (AvgIpc) is 2.85. The van der Waals surface area contributed by atoms with E-state index < -0.39 is 0 Å². The van der Waals surface area contributed by atoms with E-state index in [0.29, 0.717) is 18.8 Å². The number of carbonyl (C=O) groups excluding carboxylic acids is 1. The van der Waals surface area contributed by atoms with Gasteiger partial charge in [0.1, 0.15) is 5.69 Å². The number of aryl methyl sites for hydroxylation is 1. The molecule has 0 spiro atoms. The standard InChI is InChI=1S/C14H18N4O/c1-18-9-7-13(17-18)14(19)16-10-12-4-2-11(3-5-12)6-8-15/h2-5,7,9H,6,8,10,15H2,1H3,(H,16,19). The van der Waals surface area contributed by atoms with Gasteiger partial charge < -0.3 is 11.1 Å². The van der Waals surface area contributed by atoms with Gasteiger partial charge >= 0.3 is 0 Å². The number of rotatable bonds is 5. The van der Waals surface area contributed by atoms with Gasteiger partial charge in [-0.25, -0.2) is 0 Å². The Balaban J connectivity index is 1.89. The summed E-state index contributed by atoms with van der Waals surface area (Å²) in [4.78, 5) is 11.8. The van der Waals surface area contributed by atoms with Crippen molar-refractivity contribution in [3.05, 3.63) is 53.3 Å². The molecule has 5 nitrogen and oxygen atoms in total. The number of nitrogens with one attached hydrogen (secondary N) is 1. The summed E-state index contributed by atoms with van der Waals surface area (Å²) >= 11 is 0. The van der Waals surface area contributed by atoms with Crippen molar-refractivity contribution in [1.29, 1.82) is 0 Å². The Bertz CT molecular complexity index is 545. The minimum Gasteiger partial charge on any atom is -0.347 e. The summed E-state index contributed by atoms with van der Waals surface area (Å²) in [5, 5.41) is 6.89. The summed E-state index contributed by atoms with van der Waals surface area (Å²) in [6.45, 7) is 1.15. The second kappa shape index (κ2) is 6.15. The summed E-state index contributed by atoms with van der Waals surface area (Å²) in [5.41, 5.74) is 8.20. The lowest BCUT2D eigenvalue weighted by Crippen LogP contribution is -2.23. The summed E-state index contributed by atoms with van der Waals surface area (Å²) in [6.07, 6.45) is 2.62. The highest BCUT2D eigenvalue weighted by Gasteiger charge is 2.07. The number of nitrogens with zero attached hydrogens (tertiary/aromatic N) is 2. The van der Waals surface area contributed by atoms with Crippen LogP contribution in [0.25, 0.3) is 0 Å². The van der Waals surface area contributed by atoms with Crippen molar-refractivity contribution < 1.29 is 4.79 Å². The van der Waals surface area contributed by atoms with E-state index in [9.17, 15) is 4.79 Å². The predicted molar refractivity (Wildman–Crippen MR) is 73.6 cm³/mol. The number of hydrogen-bond donors (Lipinski definition) is 2. The Hall–Kier alpha value is -2.14. The summed E-state index contributed by atoms with van der Waals surface area (Å²) in [7, 11) is 1.78. The Kier molecular flexibility index (Phi) is 4.30. The quantitative estimate of drug-likeness (QED) is 0.835. The van der Waals surface area contributed by atoms with E-state index in [2.05, 4.69) is 10.4 Å². The van der Waals surface area contributed by atoms with Gasteiger partial charge in [0.2, 0.25) is 0 Å². The van der Waals surface area contributed by atoms with E-state index in [4.69, 9.17) is 5.73 Å². The van der Waals surface area contributed by atoms with E-state index in [-0.39, 0.29) is 5.91 Å². The maximum Gasteiger partial charge on any atom is 0.272 e. The number of benzene rings is 1. The third kappa shape index (κ3) is 3.66. The molecule has 1 aromatic heterocycles. The number of nitrogens with two attached hydrogens (primary N) is 1. The van der Waals surface area contributed by atoms with E-state index in [1.807, 2.05) is 24.3 Å². The molecule has 0 unspecified atom stereocenters. The molecule has 2 rings (SSSR count). The Labute approximate surface area is 112 Å². The maximum absolute atomic E-state index is 11.8. The van der Waals surface area contributed by atoms with Crippen LogP contribution in [0.2, 0.25) is 0 Å². The molecular formula is C14H18N4O. The fourth-order valence-corrected chi connectivity index (χ4v) is 1.80. The molecule has 100 valence electrons. The van der Waals surface area contributed by atoms with E-state index in [1.165, 1.54) is 5.56 Å². The van der Waals surface area contributed by atoms with Crippen molar-refractivity contribution in [3.63, 3.8) is 0 Å². The Morgan fingerprint density at radius 1 is 1.26 bits per heavy atom. The van der Waals surface area contributed by atoms with Gasteiger partial charge in [0.15, 0.2) is 0 Å². The highest BCUT2D eigenvalue weighted by Crippen LogP contribution is 2.05.